The van der Waals surface area contributed by atoms with Crippen molar-refractivity contribution >= 4 is 38.9 Å². The van der Waals surface area contributed by atoms with E-state index in [1.807, 2.05) is 4.72 Å². The summed E-state index contributed by atoms with van der Waals surface area (Å²) in [6.07, 6.45) is -8.18. The maximum Gasteiger partial charge on any atom is 0.434 e. The molecule has 2 heterocycles. The zero-order valence-corrected chi connectivity index (χ0v) is 21.4. The van der Waals surface area contributed by atoms with Crippen molar-refractivity contribution in [2.75, 3.05) is 15.8 Å². The van der Waals surface area contributed by atoms with Gasteiger partial charge in [-0.15, -0.1) is 0 Å². The van der Waals surface area contributed by atoms with E-state index < -0.39 is 33.8 Å². The largest absolute Gasteiger partial charge is 0.487 e. The number of rotatable bonds is 9. The van der Waals surface area contributed by atoms with Gasteiger partial charge in [-0.3, -0.25) is 9.82 Å². The highest BCUT2D eigenvalue weighted by molar-refractivity contribution is 7.92. The van der Waals surface area contributed by atoms with Crippen LogP contribution in [0.4, 0.5) is 43.7 Å². The van der Waals surface area contributed by atoms with E-state index >= 15 is 0 Å². The highest BCUT2D eigenvalue weighted by Crippen LogP contribution is 2.34. The number of ether oxygens (including phenoxy) is 1. The van der Waals surface area contributed by atoms with E-state index in [-0.39, 0.29) is 29.7 Å². The molecular weight excluding hydrogens is 590 g/mol. The van der Waals surface area contributed by atoms with Gasteiger partial charge in [0.1, 0.15) is 18.2 Å². The fourth-order valence-electron chi connectivity index (χ4n) is 3.26. The number of aromatic amines is 1. The Morgan fingerprint density at radius 1 is 0.925 bits per heavy atom. The normalized spacial score (nSPS) is 12.3. The summed E-state index contributed by atoms with van der Waals surface area (Å²) >= 11 is 5.87. The fourth-order valence-corrected chi connectivity index (χ4v) is 4.39. The Labute approximate surface area is 227 Å². The van der Waals surface area contributed by atoms with E-state index in [9.17, 15) is 34.8 Å². The molecule has 0 bridgehead atoms. The Morgan fingerprint density at radius 2 is 1.65 bits per heavy atom. The highest BCUT2D eigenvalue weighted by Gasteiger charge is 2.35. The smallest absolute Gasteiger partial charge is 0.434 e. The molecule has 40 heavy (non-hydrogen) atoms. The third-order valence-electron chi connectivity index (χ3n) is 5.00. The Morgan fingerprint density at radius 3 is 2.27 bits per heavy atom. The van der Waals surface area contributed by atoms with Crippen molar-refractivity contribution in [3.63, 3.8) is 0 Å². The number of alkyl halides is 6. The molecule has 9 nitrogen and oxygen atoms in total. The first-order chi connectivity index (χ1) is 18.7. The topological polar surface area (TPSA) is 122 Å². The molecular formula is C23H17ClF6N6O3S. The number of nitrogens with zero attached hydrogens (tertiary/aromatic N) is 3. The molecule has 17 heteroatoms. The maximum absolute atomic E-state index is 12.7. The summed E-state index contributed by atoms with van der Waals surface area (Å²) in [4.78, 5) is 6.94. The van der Waals surface area contributed by atoms with Crippen LogP contribution in [0.2, 0.25) is 5.02 Å². The molecule has 0 spiro atoms. The Bertz CT molecular complexity index is 1580. The van der Waals surface area contributed by atoms with Gasteiger partial charge in [0, 0.05) is 16.7 Å². The Balaban J connectivity index is 1.58. The van der Waals surface area contributed by atoms with Crippen LogP contribution in [0.25, 0.3) is 11.3 Å². The number of sulfonamides is 1. The summed E-state index contributed by atoms with van der Waals surface area (Å²) in [5.74, 6) is -2.05. The number of aromatic nitrogens is 4. The van der Waals surface area contributed by atoms with Crippen LogP contribution in [0.5, 0.6) is 5.75 Å². The zero-order valence-electron chi connectivity index (χ0n) is 19.8. The van der Waals surface area contributed by atoms with E-state index in [1.165, 1.54) is 24.3 Å². The number of hydrogen-bond acceptors (Lipinski definition) is 7. The summed E-state index contributed by atoms with van der Waals surface area (Å²) < 4.78 is 108. The maximum atomic E-state index is 12.7. The predicted molar refractivity (Wildman–Crippen MR) is 134 cm³/mol. The van der Waals surface area contributed by atoms with Crippen LogP contribution in [-0.4, -0.2) is 40.5 Å². The van der Waals surface area contributed by atoms with Crippen LogP contribution in [-0.2, 0) is 22.8 Å². The minimum Gasteiger partial charge on any atom is -0.487 e. The average molecular weight is 607 g/mol. The average Bonchev–Trinajstić information content (AvgIpc) is 3.31. The van der Waals surface area contributed by atoms with E-state index in [0.717, 1.165) is 6.20 Å². The van der Waals surface area contributed by atoms with Gasteiger partial charge in [0.15, 0.2) is 17.3 Å². The SMILES string of the molecule is O=S(=O)(CC(F)(F)F)Nc1ccc(-c2cc(Nc3cnc(C(F)(F)F)cn3)n[nH]2)cc1OCc1ccc(Cl)cc1. The second kappa shape index (κ2) is 11.2. The van der Waals surface area contributed by atoms with E-state index in [1.54, 1.807) is 24.3 Å². The molecule has 0 unspecified atom stereocenters. The minimum atomic E-state index is -4.97. The summed E-state index contributed by atoms with van der Waals surface area (Å²) in [5, 5.41) is 9.83. The van der Waals surface area contributed by atoms with Crippen LogP contribution in [0, 0.1) is 0 Å². The van der Waals surface area contributed by atoms with Gasteiger partial charge >= 0.3 is 12.4 Å². The first-order valence-corrected chi connectivity index (χ1v) is 13.0. The van der Waals surface area contributed by atoms with Crippen molar-refractivity contribution in [1.29, 1.82) is 0 Å². The fraction of sp³-hybridized carbons (Fsp3) is 0.174. The summed E-state index contributed by atoms with van der Waals surface area (Å²) in [6.45, 7) is -0.0724. The first-order valence-electron chi connectivity index (χ1n) is 11.0. The van der Waals surface area contributed by atoms with Crippen molar-refractivity contribution in [3.8, 4) is 17.0 Å². The zero-order chi connectivity index (χ0) is 29.1. The summed E-state index contributed by atoms with van der Waals surface area (Å²) in [7, 11) is -4.81. The number of benzene rings is 2. The lowest BCUT2D eigenvalue weighted by atomic mass is 10.1. The van der Waals surface area contributed by atoms with Gasteiger partial charge in [0.05, 0.1) is 23.8 Å². The molecule has 2 aromatic heterocycles. The molecule has 2 aromatic carbocycles. The molecule has 4 aromatic rings. The molecule has 3 N–H and O–H groups in total. The highest BCUT2D eigenvalue weighted by atomic mass is 35.5. The Hall–Kier alpha value is -4.05. The van der Waals surface area contributed by atoms with Crippen molar-refractivity contribution < 1.29 is 39.5 Å². The summed E-state index contributed by atoms with van der Waals surface area (Å²) in [5.41, 5.74) is -0.0189. The van der Waals surface area contributed by atoms with E-state index in [0.29, 0.717) is 28.0 Å². The molecule has 0 saturated heterocycles. The molecule has 0 radical (unpaired) electrons. The number of halogens is 7. The molecule has 0 fully saturated rings. The molecule has 0 saturated carbocycles. The van der Waals surface area contributed by atoms with Gasteiger partial charge in [-0.05, 0) is 29.8 Å². The molecule has 0 atom stereocenters. The quantitative estimate of drug-likeness (QED) is 0.195. The summed E-state index contributed by atoms with van der Waals surface area (Å²) in [6, 6.07) is 12.0. The van der Waals surface area contributed by atoms with Crippen molar-refractivity contribution in [1.82, 2.24) is 20.2 Å². The van der Waals surface area contributed by atoms with Gasteiger partial charge in [0.2, 0.25) is 10.0 Å². The molecule has 0 aliphatic carbocycles. The van der Waals surface area contributed by atoms with Crippen LogP contribution in [0.1, 0.15) is 11.3 Å². The van der Waals surface area contributed by atoms with Gasteiger partial charge in [-0.25, -0.2) is 18.4 Å². The lowest BCUT2D eigenvalue weighted by molar-refractivity contribution is -0.141. The van der Waals surface area contributed by atoms with E-state index in [2.05, 4.69) is 25.5 Å². The van der Waals surface area contributed by atoms with Crippen LogP contribution in [0.15, 0.2) is 60.9 Å². The molecule has 4 rings (SSSR count). The van der Waals surface area contributed by atoms with Gasteiger partial charge < -0.3 is 10.1 Å². The third-order valence-corrected chi connectivity index (χ3v) is 6.49. The van der Waals surface area contributed by atoms with Crippen molar-refractivity contribution in [2.45, 2.75) is 19.0 Å². The minimum absolute atomic E-state index is 0.0209. The number of hydrogen-bond donors (Lipinski definition) is 3. The van der Waals surface area contributed by atoms with Crippen molar-refractivity contribution in [2.24, 2.45) is 0 Å². The van der Waals surface area contributed by atoms with Gasteiger partial charge in [-0.2, -0.15) is 31.4 Å². The molecule has 0 aliphatic rings. The van der Waals surface area contributed by atoms with Crippen LogP contribution in [0.3, 0.4) is 0 Å². The second-order valence-electron chi connectivity index (χ2n) is 8.18. The second-order valence-corrected chi connectivity index (χ2v) is 10.3. The molecule has 212 valence electrons. The third kappa shape index (κ3) is 7.98. The van der Waals surface area contributed by atoms with E-state index in [4.69, 9.17) is 16.3 Å². The van der Waals surface area contributed by atoms with Crippen molar-refractivity contribution in [3.05, 3.63) is 77.2 Å². The first kappa shape index (κ1) is 28.9. The molecule has 0 amide bonds. The Kier molecular flexibility index (Phi) is 8.11. The number of H-pyrrole nitrogens is 1. The lowest BCUT2D eigenvalue weighted by Crippen LogP contribution is -2.28. The number of nitrogens with one attached hydrogen (secondary N) is 3. The lowest BCUT2D eigenvalue weighted by Gasteiger charge is -2.16. The van der Waals surface area contributed by atoms with Gasteiger partial charge in [-0.1, -0.05) is 29.8 Å². The van der Waals surface area contributed by atoms with Crippen LogP contribution >= 0.6 is 11.6 Å². The molecule has 0 aliphatic heterocycles. The van der Waals surface area contributed by atoms with Gasteiger partial charge in [0.25, 0.3) is 0 Å². The number of anilines is 3. The standard InChI is InChI=1S/C23H17ClF6N6O3S/c24-15-4-1-13(2-5-15)11-39-18-7-14(3-6-16(18)36-40(37,38)12-22(25,26)27)17-8-20(35-34-17)33-21-10-31-19(9-32-21)23(28,29)30/h1-10,36H,11-12H2,(H2,32,33,34,35). The van der Waals surface area contributed by atoms with Crippen LogP contribution < -0.4 is 14.8 Å². The monoisotopic (exact) mass is 606 g/mol. The predicted octanol–water partition coefficient (Wildman–Crippen LogP) is 6.17.